The number of carbonyl (C=O) groups is 1. The van der Waals surface area contributed by atoms with E-state index in [1.165, 1.54) is 0 Å². The van der Waals surface area contributed by atoms with Gasteiger partial charge in [0.1, 0.15) is 18.2 Å². The molecule has 0 unspecified atom stereocenters. The van der Waals surface area contributed by atoms with Gasteiger partial charge in [-0.25, -0.2) is 9.78 Å². The first-order chi connectivity index (χ1) is 8.99. The number of rotatable bonds is 4. The lowest BCUT2D eigenvalue weighted by atomic mass is 10.3. The molecule has 0 aliphatic carbocycles. The zero-order valence-corrected chi connectivity index (χ0v) is 11.3. The Bertz CT molecular complexity index is 605. The van der Waals surface area contributed by atoms with Crippen molar-refractivity contribution in [2.45, 2.75) is 13.5 Å². The van der Waals surface area contributed by atoms with Crippen molar-refractivity contribution in [1.29, 1.82) is 0 Å². The zero-order chi connectivity index (χ0) is 14.0. The van der Waals surface area contributed by atoms with Gasteiger partial charge in [-0.15, -0.1) is 0 Å². The highest BCUT2D eigenvalue weighted by molar-refractivity contribution is 6.30. The number of aromatic carboxylic acids is 1. The molecule has 0 aliphatic heterocycles. The molecule has 2 rings (SSSR count). The maximum atomic E-state index is 11.0. The lowest BCUT2D eigenvalue weighted by Gasteiger charge is -2.06. The first-order valence-electron chi connectivity index (χ1n) is 5.63. The predicted octanol–water partition coefficient (Wildman–Crippen LogP) is 2.66. The minimum atomic E-state index is -1.04. The number of imidazole rings is 1. The van der Waals surface area contributed by atoms with E-state index in [2.05, 4.69) is 4.98 Å². The van der Waals surface area contributed by atoms with E-state index in [4.69, 9.17) is 21.4 Å². The van der Waals surface area contributed by atoms with Crippen LogP contribution in [0.1, 0.15) is 22.0 Å². The molecule has 5 nitrogen and oxygen atoms in total. The van der Waals surface area contributed by atoms with Gasteiger partial charge in [0.05, 0.1) is 0 Å². The third-order valence-electron chi connectivity index (χ3n) is 2.86. The molecule has 0 bridgehead atoms. The van der Waals surface area contributed by atoms with Gasteiger partial charge in [-0.05, 0) is 31.2 Å². The van der Waals surface area contributed by atoms with Crippen molar-refractivity contribution in [3.05, 3.63) is 46.5 Å². The normalized spacial score (nSPS) is 10.5. The highest BCUT2D eigenvalue weighted by Gasteiger charge is 2.16. The fraction of sp³-hybridized carbons (Fsp3) is 0.231. The lowest BCUT2D eigenvalue weighted by Crippen LogP contribution is -2.04. The van der Waals surface area contributed by atoms with Crippen molar-refractivity contribution >= 4 is 17.6 Å². The van der Waals surface area contributed by atoms with E-state index in [1.807, 2.05) is 0 Å². The summed E-state index contributed by atoms with van der Waals surface area (Å²) >= 11 is 5.78. The Hall–Kier alpha value is -2.01. The standard InChI is InChI=1S/C13H13ClN2O3/c1-8-12(13(17)18)15-11(16(8)2)7-19-10-5-3-9(14)4-6-10/h3-6H,7H2,1-2H3,(H,17,18). The van der Waals surface area contributed by atoms with Crippen LogP contribution in [0.15, 0.2) is 24.3 Å². The molecule has 0 atom stereocenters. The molecule has 100 valence electrons. The number of carboxylic acid groups (broad SMARTS) is 1. The quantitative estimate of drug-likeness (QED) is 0.935. The van der Waals surface area contributed by atoms with Crippen molar-refractivity contribution in [3.63, 3.8) is 0 Å². The van der Waals surface area contributed by atoms with Gasteiger partial charge in [0.25, 0.3) is 0 Å². The Morgan fingerprint density at radius 2 is 2.05 bits per heavy atom. The molecule has 1 heterocycles. The van der Waals surface area contributed by atoms with Crippen LogP contribution in [0.2, 0.25) is 5.02 Å². The summed E-state index contributed by atoms with van der Waals surface area (Å²) in [4.78, 5) is 15.0. The highest BCUT2D eigenvalue weighted by Crippen LogP contribution is 2.17. The van der Waals surface area contributed by atoms with Crippen molar-refractivity contribution in [2.24, 2.45) is 7.05 Å². The Labute approximate surface area is 115 Å². The van der Waals surface area contributed by atoms with Gasteiger partial charge >= 0.3 is 5.97 Å². The summed E-state index contributed by atoms with van der Waals surface area (Å²) in [5.74, 6) is 0.178. The van der Waals surface area contributed by atoms with Crippen LogP contribution in [0, 0.1) is 6.92 Å². The van der Waals surface area contributed by atoms with Gasteiger partial charge in [-0.2, -0.15) is 0 Å². The summed E-state index contributed by atoms with van der Waals surface area (Å²) in [6.07, 6.45) is 0. The molecular formula is C13H13ClN2O3. The van der Waals surface area contributed by atoms with Gasteiger partial charge in [-0.1, -0.05) is 11.6 Å². The molecule has 19 heavy (non-hydrogen) atoms. The first-order valence-corrected chi connectivity index (χ1v) is 6.00. The molecular weight excluding hydrogens is 268 g/mol. The van der Waals surface area contributed by atoms with Crippen LogP contribution >= 0.6 is 11.6 Å². The number of aromatic nitrogens is 2. The van der Waals surface area contributed by atoms with Gasteiger partial charge in [0, 0.05) is 17.8 Å². The molecule has 1 N–H and O–H groups in total. The van der Waals surface area contributed by atoms with Crippen molar-refractivity contribution < 1.29 is 14.6 Å². The Morgan fingerprint density at radius 3 is 2.58 bits per heavy atom. The number of nitrogens with zero attached hydrogens (tertiary/aromatic N) is 2. The summed E-state index contributed by atoms with van der Waals surface area (Å²) < 4.78 is 7.25. The number of halogens is 1. The molecule has 0 amide bonds. The second kappa shape index (κ2) is 5.32. The number of carboxylic acids is 1. The third-order valence-corrected chi connectivity index (χ3v) is 3.11. The van der Waals surface area contributed by atoms with E-state index in [9.17, 15) is 4.79 Å². The Balaban J connectivity index is 2.13. The third kappa shape index (κ3) is 2.88. The Kier molecular flexibility index (Phi) is 3.76. The number of benzene rings is 1. The summed E-state index contributed by atoms with van der Waals surface area (Å²) in [5.41, 5.74) is 0.652. The molecule has 2 aromatic rings. The number of hydrogen-bond acceptors (Lipinski definition) is 3. The molecule has 0 aliphatic rings. The molecule has 6 heteroatoms. The summed E-state index contributed by atoms with van der Waals surface area (Å²) in [7, 11) is 1.76. The fourth-order valence-electron chi connectivity index (χ4n) is 1.65. The molecule has 0 fully saturated rings. The molecule has 0 radical (unpaired) electrons. The maximum Gasteiger partial charge on any atom is 0.356 e. The topological polar surface area (TPSA) is 64.3 Å². The second-order valence-corrected chi connectivity index (χ2v) is 4.51. The van der Waals surface area contributed by atoms with Crippen LogP contribution < -0.4 is 4.74 Å². The van der Waals surface area contributed by atoms with E-state index in [-0.39, 0.29) is 12.3 Å². The molecule has 1 aromatic heterocycles. The van der Waals surface area contributed by atoms with E-state index in [1.54, 1.807) is 42.8 Å². The van der Waals surface area contributed by atoms with E-state index in [0.29, 0.717) is 22.3 Å². The minimum Gasteiger partial charge on any atom is -0.486 e. The SMILES string of the molecule is Cc1c(C(=O)O)nc(COc2ccc(Cl)cc2)n1C. The van der Waals surface area contributed by atoms with Crippen molar-refractivity contribution in [2.75, 3.05) is 0 Å². The average molecular weight is 281 g/mol. The smallest absolute Gasteiger partial charge is 0.356 e. The lowest BCUT2D eigenvalue weighted by molar-refractivity contribution is 0.0690. The van der Waals surface area contributed by atoms with Crippen LogP contribution in [-0.2, 0) is 13.7 Å². The van der Waals surface area contributed by atoms with E-state index < -0.39 is 5.97 Å². The van der Waals surface area contributed by atoms with Crippen LogP contribution in [-0.4, -0.2) is 20.6 Å². The molecule has 0 saturated heterocycles. The number of hydrogen-bond donors (Lipinski definition) is 1. The van der Waals surface area contributed by atoms with E-state index >= 15 is 0 Å². The van der Waals surface area contributed by atoms with Gasteiger partial charge in [0.2, 0.25) is 0 Å². The van der Waals surface area contributed by atoms with E-state index in [0.717, 1.165) is 0 Å². The first kappa shape index (κ1) is 13.4. The Morgan fingerprint density at radius 1 is 1.42 bits per heavy atom. The molecule has 0 saturated carbocycles. The predicted molar refractivity (Wildman–Crippen MR) is 70.7 cm³/mol. The van der Waals surface area contributed by atoms with Crippen LogP contribution in [0.3, 0.4) is 0 Å². The number of ether oxygens (including phenoxy) is 1. The van der Waals surface area contributed by atoms with Crippen LogP contribution in [0.5, 0.6) is 5.75 Å². The highest BCUT2D eigenvalue weighted by atomic mass is 35.5. The fourth-order valence-corrected chi connectivity index (χ4v) is 1.77. The minimum absolute atomic E-state index is 0.0530. The van der Waals surface area contributed by atoms with Crippen LogP contribution in [0.25, 0.3) is 0 Å². The van der Waals surface area contributed by atoms with Gasteiger partial charge in [0.15, 0.2) is 5.69 Å². The maximum absolute atomic E-state index is 11.0. The summed E-state index contributed by atoms with van der Waals surface area (Å²) in [6, 6.07) is 6.94. The monoisotopic (exact) mass is 280 g/mol. The van der Waals surface area contributed by atoms with Gasteiger partial charge in [-0.3, -0.25) is 0 Å². The molecule has 1 aromatic carbocycles. The summed E-state index contributed by atoms with van der Waals surface area (Å²) in [6.45, 7) is 1.91. The van der Waals surface area contributed by atoms with Gasteiger partial charge < -0.3 is 14.4 Å². The largest absolute Gasteiger partial charge is 0.486 e. The van der Waals surface area contributed by atoms with Crippen LogP contribution in [0.4, 0.5) is 0 Å². The van der Waals surface area contributed by atoms with Crippen molar-refractivity contribution in [3.8, 4) is 5.75 Å². The van der Waals surface area contributed by atoms with Crippen molar-refractivity contribution in [1.82, 2.24) is 9.55 Å². The zero-order valence-electron chi connectivity index (χ0n) is 10.6. The summed E-state index contributed by atoms with van der Waals surface area (Å²) in [5, 5.41) is 9.62. The second-order valence-electron chi connectivity index (χ2n) is 4.07. The average Bonchev–Trinajstić information content (AvgIpc) is 2.66. The molecule has 0 spiro atoms.